The van der Waals surface area contributed by atoms with E-state index in [4.69, 9.17) is 4.74 Å². The summed E-state index contributed by atoms with van der Waals surface area (Å²) < 4.78 is 5.61. The van der Waals surface area contributed by atoms with Crippen LogP contribution in [0.2, 0.25) is 0 Å². The largest absolute Gasteiger partial charge is 0.493 e. The number of anilines is 1. The predicted molar refractivity (Wildman–Crippen MR) is 97.7 cm³/mol. The number of nitrogens with one attached hydrogen (secondary N) is 2. The summed E-state index contributed by atoms with van der Waals surface area (Å²) in [5.74, 6) is -0.189. The Hall–Kier alpha value is -3.15. The molecule has 0 saturated heterocycles. The molecule has 25 heavy (non-hydrogen) atoms. The summed E-state index contributed by atoms with van der Waals surface area (Å²) in [6, 6.07) is 16.4. The third kappa shape index (κ3) is 6.47. The Balaban J connectivity index is 1.83. The summed E-state index contributed by atoms with van der Waals surface area (Å²) in [6.07, 6.45) is 2.09. The van der Waals surface area contributed by atoms with Gasteiger partial charge >= 0.3 is 0 Å². The fraction of sp³-hybridized carbons (Fsp3) is 0.211. The van der Waals surface area contributed by atoms with Crippen LogP contribution in [0.4, 0.5) is 5.69 Å². The predicted octanol–water partition coefficient (Wildman–Crippen LogP) is 2.95. The van der Waals surface area contributed by atoms with Crippen LogP contribution in [0.1, 0.15) is 25.3 Å². The molecule has 2 rings (SSSR count). The van der Waals surface area contributed by atoms with Crippen molar-refractivity contribution >= 4 is 23.7 Å². The van der Waals surface area contributed by atoms with Crippen LogP contribution in [0.15, 0.2) is 59.7 Å². The summed E-state index contributed by atoms with van der Waals surface area (Å²) in [7, 11) is 0. The number of amides is 2. The molecule has 0 radical (unpaired) electrons. The smallest absolute Gasteiger partial charge is 0.249 e. The molecule has 6 nitrogen and oxygen atoms in total. The summed E-state index contributed by atoms with van der Waals surface area (Å²) in [6.45, 7) is 2.63. The Labute approximate surface area is 146 Å². The van der Waals surface area contributed by atoms with Crippen LogP contribution >= 0.6 is 0 Å². The van der Waals surface area contributed by atoms with Gasteiger partial charge in [-0.1, -0.05) is 37.3 Å². The van der Waals surface area contributed by atoms with Crippen LogP contribution < -0.4 is 15.5 Å². The van der Waals surface area contributed by atoms with E-state index in [9.17, 15) is 9.59 Å². The highest BCUT2D eigenvalue weighted by Gasteiger charge is 2.08. The minimum atomic E-state index is -0.489. The van der Waals surface area contributed by atoms with Crippen molar-refractivity contribution in [2.75, 3.05) is 11.9 Å². The third-order valence-corrected chi connectivity index (χ3v) is 3.15. The number of para-hydroxylation sites is 2. The fourth-order valence-corrected chi connectivity index (χ4v) is 2.02. The highest BCUT2D eigenvalue weighted by Crippen LogP contribution is 2.15. The molecule has 2 aromatic rings. The first-order chi connectivity index (χ1) is 12.2. The molecule has 0 aromatic heterocycles. The molecule has 0 spiro atoms. The number of rotatable bonds is 8. The Bertz CT molecular complexity index is 730. The second-order valence-electron chi connectivity index (χ2n) is 5.27. The highest BCUT2D eigenvalue weighted by molar-refractivity contribution is 6.03. The first-order valence-electron chi connectivity index (χ1n) is 8.07. The number of carbonyl (C=O) groups is 2. The zero-order valence-corrected chi connectivity index (χ0v) is 14.1. The quantitative estimate of drug-likeness (QED) is 0.441. The van der Waals surface area contributed by atoms with E-state index in [-0.39, 0.29) is 6.42 Å². The van der Waals surface area contributed by atoms with Gasteiger partial charge in [-0.25, -0.2) is 5.43 Å². The number of carbonyl (C=O) groups excluding carboxylic acids is 2. The topological polar surface area (TPSA) is 79.8 Å². The molecule has 0 bridgehead atoms. The van der Waals surface area contributed by atoms with Gasteiger partial charge in [0.2, 0.25) is 11.8 Å². The van der Waals surface area contributed by atoms with Crippen molar-refractivity contribution in [3.05, 3.63) is 60.2 Å². The van der Waals surface area contributed by atoms with E-state index in [1.807, 2.05) is 37.3 Å². The van der Waals surface area contributed by atoms with E-state index in [2.05, 4.69) is 15.8 Å². The van der Waals surface area contributed by atoms with Crippen molar-refractivity contribution in [1.29, 1.82) is 0 Å². The molecule has 130 valence electrons. The summed E-state index contributed by atoms with van der Waals surface area (Å²) in [5.41, 5.74) is 3.74. The molecule has 0 atom stereocenters. The molecule has 2 amide bonds. The van der Waals surface area contributed by atoms with Crippen molar-refractivity contribution in [2.45, 2.75) is 19.8 Å². The molecule has 0 unspecified atom stereocenters. The van der Waals surface area contributed by atoms with Crippen LogP contribution in [0, 0.1) is 0 Å². The third-order valence-electron chi connectivity index (χ3n) is 3.15. The molecule has 0 aliphatic carbocycles. The Morgan fingerprint density at radius 3 is 2.52 bits per heavy atom. The van der Waals surface area contributed by atoms with Crippen LogP contribution in [0.25, 0.3) is 0 Å². The van der Waals surface area contributed by atoms with E-state index in [0.717, 1.165) is 12.0 Å². The summed E-state index contributed by atoms with van der Waals surface area (Å²) in [4.78, 5) is 23.6. The SMILES string of the molecule is CCCOc1ccccc1C=NNC(=O)CC(=O)Nc1ccccc1. The van der Waals surface area contributed by atoms with Crippen LogP contribution in [-0.4, -0.2) is 24.6 Å². The van der Waals surface area contributed by atoms with Crippen molar-refractivity contribution in [3.63, 3.8) is 0 Å². The van der Waals surface area contributed by atoms with E-state index in [1.54, 1.807) is 24.3 Å². The van der Waals surface area contributed by atoms with E-state index in [1.165, 1.54) is 6.21 Å². The van der Waals surface area contributed by atoms with Crippen LogP contribution in [0.3, 0.4) is 0 Å². The van der Waals surface area contributed by atoms with Gasteiger partial charge in [-0.2, -0.15) is 5.10 Å². The lowest BCUT2D eigenvalue weighted by Gasteiger charge is -2.07. The normalized spacial score (nSPS) is 10.4. The molecular formula is C19H21N3O3. The van der Waals surface area contributed by atoms with Crippen molar-refractivity contribution < 1.29 is 14.3 Å². The average molecular weight is 339 g/mol. The lowest BCUT2D eigenvalue weighted by Crippen LogP contribution is -2.24. The zero-order valence-electron chi connectivity index (χ0n) is 14.1. The zero-order chi connectivity index (χ0) is 17.9. The van der Waals surface area contributed by atoms with Gasteiger partial charge in [-0.05, 0) is 30.7 Å². The van der Waals surface area contributed by atoms with Crippen molar-refractivity contribution in [1.82, 2.24) is 5.43 Å². The molecule has 0 aliphatic heterocycles. The first-order valence-corrected chi connectivity index (χ1v) is 8.07. The minimum Gasteiger partial charge on any atom is -0.493 e. The first kappa shape index (κ1) is 18.2. The maximum atomic E-state index is 11.8. The second-order valence-corrected chi connectivity index (χ2v) is 5.27. The lowest BCUT2D eigenvalue weighted by atomic mass is 10.2. The Morgan fingerprint density at radius 2 is 1.76 bits per heavy atom. The van der Waals surface area contributed by atoms with Crippen LogP contribution in [-0.2, 0) is 9.59 Å². The molecule has 0 fully saturated rings. The van der Waals surface area contributed by atoms with Gasteiger partial charge in [0, 0.05) is 11.3 Å². The number of hydrogen-bond acceptors (Lipinski definition) is 4. The number of benzene rings is 2. The monoisotopic (exact) mass is 339 g/mol. The summed E-state index contributed by atoms with van der Waals surface area (Å²) >= 11 is 0. The standard InChI is InChI=1S/C19H21N3O3/c1-2-12-25-17-11-7-6-8-15(17)14-20-22-19(24)13-18(23)21-16-9-4-3-5-10-16/h3-11,14H,2,12-13H2,1H3,(H,21,23)(H,22,24). The number of nitrogens with zero attached hydrogens (tertiary/aromatic N) is 1. The molecule has 0 aliphatic rings. The van der Waals surface area contributed by atoms with Gasteiger partial charge in [0.1, 0.15) is 12.2 Å². The molecule has 0 heterocycles. The van der Waals surface area contributed by atoms with Crippen LogP contribution in [0.5, 0.6) is 5.75 Å². The summed E-state index contributed by atoms with van der Waals surface area (Å²) in [5, 5.41) is 6.53. The number of ether oxygens (including phenoxy) is 1. The van der Waals surface area contributed by atoms with E-state index >= 15 is 0 Å². The number of hydrazone groups is 1. The fourth-order valence-electron chi connectivity index (χ4n) is 2.02. The van der Waals surface area contributed by atoms with Gasteiger partial charge in [-0.3, -0.25) is 9.59 Å². The molecule has 0 saturated carbocycles. The van der Waals surface area contributed by atoms with Gasteiger partial charge in [0.05, 0.1) is 12.8 Å². The maximum Gasteiger partial charge on any atom is 0.249 e. The van der Waals surface area contributed by atoms with Gasteiger partial charge in [-0.15, -0.1) is 0 Å². The highest BCUT2D eigenvalue weighted by atomic mass is 16.5. The van der Waals surface area contributed by atoms with Crippen molar-refractivity contribution in [3.8, 4) is 5.75 Å². The lowest BCUT2D eigenvalue weighted by molar-refractivity contribution is -0.126. The van der Waals surface area contributed by atoms with E-state index in [0.29, 0.717) is 18.0 Å². The average Bonchev–Trinajstić information content (AvgIpc) is 2.61. The molecule has 6 heteroatoms. The maximum absolute atomic E-state index is 11.8. The van der Waals surface area contributed by atoms with Crippen molar-refractivity contribution in [2.24, 2.45) is 5.10 Å². The Kier molecular flexibility index (Phi) is 7.18. The molecular weight excluding hydrogens is 318 g/mol. The van der Waals surface area contributed by atoms with Gasteiger partial charge in [0.25, 0.3) is 0 Å². The minimum absolute atomic E-state index is 0.305. The molecule has 2 aromatic carbocycles. The second kappa shape index (κ2) is 9.87. The number of hydrogen-bond donors (Lipinski definition) is 2. The Morgan fingerprint density at radius 1 is 1.04 bits per heavy atom. The van der Waals surface area contributed by atoms with Gasteiger partial charge < -0.3 is 10.1 Å². The van der Waals surface area contributed by atoms with E-state index < -0.39 is 11.8 Å². The van der Waals surface area contributed by atoms with Gasteiger partial charge in [0.15, 0.2) is 0 Å². The molecule has 2 N–H and O–H groups in total.